The Morgan fingerprint density at radius 3 is 2.76 bits per heavy atom. The lowest BCUT2D eigenvalue weighted by Crippen LogP contribution is -2.01. The van der Waals surface area contributed by atoms with Crippen molar-refractivity contribution < 1.29 is 4.42 Å². The predicted octanol–water partition coefficient (Wildman–Crippen LogP) is 5.44. The Hall–Kier alpha value is -2.90. The minimum Gasteiger partial charge on any atom is -0.420 e. The molecule has 2 heterocycles. The first-order valence-corrected chi connectivity index (χ1v) is 10.3. The van der Waals surface area contributed by atoms with Gasteiger partial charge in [-0.2, -0.15) is 0 Å². The van der Waals surface area contributed by atoms with E-state index in [1.165, 1.54) is 17.3 Å². The highest BCUT2D eigenvalue weighted by atomic mass is 35.5. The van der Waals surface area contributed by atoms with Gasteiger partial charge in [-0.3, -0.25) is 4.57 Å². The summed E-state index contributed by atoms with van der Waals surface area (Å²) in [5.74, 6) is 2.17. The summed E-state index contributed by atoms with van der Waals surface area (Å²) < 4.78 is 7.80. The minimum absolute atomic E-state index is 0.402. The molecular formula is C21H18ClN5OS. The second-order valence-electron chi connectivity index (χ2n) is 6.34. The third-order valence-corrected chi connectivity index (χ3v) is 5.48. The van der Waals surface area contributed by atoms with Crippen molar-refractivity contribution in [3.8, 4) is 22.8 Å². The molecule has 0 aliphatic rings. The van der Waals surface area contributed by atoms with Gasteiger partial charge in [0.15, 0.2) is 11.0 Å². The summed E-state index contributed by atoms with van der Waals surface area (Å²) in [5, 5.41) is 18.3. The van der Waals surface area contributed by atoms with E-state index in [1.807, 2.05) is 41.0 Å². The zero-order chi connectivity index (χ0) is 20.2. The van der Waals surface area contributed by atoms with Gasteiger partial charge in [-0.25, -0.2) is 0 Å². The Labute approximate surface area is 177 Å². The van der Waals surface area contributed by atoms with E-state index in [0.29, 0.717) is 29.1 Å². The fraction of sp³-hybridized carbons (Fsp3) is 0.143. The molecule has 0 bridgehead atoms. The van der Waals surface area contributed by atoms with Gasteiger partial charge in [0.1, 0.15) is 0 Å². The van der Waals surface area contributed by atoms with Crippen LogP contribution in [0.3, 0.4) is 0 Å². The fourth-order valence-electron chi connectivity index (χ4n) is 2.87. The van der Waals surface area contributed by atoms with Gasteiger partial charge >= 0.3 is 0 Å². The van der Waals surface area contributed by atoms with Crippen LogP contribution in [0.4, 0.5) is 0 Å². The van der Waals surface area contributed by atoms with Crippen LogP contribution in [0.1, 0.15) is 11.5 Å². The van der Waals surface area contributed by atoms with Gasteiger partial charge in [-0.1, -0.05) is 65.3 Å². The Bertz CT molecular complexity index is 1150. The molecular weight excluding hydrogens is 406 g/mol. The molecule has 0 aliphatic carbocycles. The predicted molar refractivity (Wildman–Crippen MR) is 115 cm³/mol. The Balaban J connectivity index is 1.55. The molecule has 0 aliphatic heterocycles. The van der Waals surface area contributed by atoms with Gasteiger partial charge in [-0.15, -0.1) is 27.0 Å². The standard InChI is InChI=1S/C21H18ClN5OS/c1-3-11-27-19(15-8-6-7-14(2)12-15)24-26-21(27)29-13-18-23-25-20(28-18)16-9-4-5-10-17(16)22/h3-10,12H,1,11,13H2,2H3. The minimum atomic E-state index is 0.402. The highest BCUT2D eigenvalue weighted by Crippen LogP contribution is 2.29. The Kier molecular flexibility index (Phi) is 5.78. The summed E-state index contributed by atoms with van der Waals surface area (Å²) in [5.41, 5.74) is 2.90. The molecule has 0 fully saturated rings. The molecule has 0 spiro atoms. The first-order valence-electron chi connectivity index (χ1n) is 8.97. The smallest absolute Gasteiger partial charge is 0.249 e. The number of hydrogen-bond acceptors (Lipinski definition) is 6. The Morgan fingerprint density at radius 1 is 1.10 bits per heavy atom. The number of aromatic nitrogens is 5. The molecule has 8 heteroatoms. The average Bonchev–Trinajstić information content (AvgIpc) is 3.34. The maximum atomic E-state index is 6.20. The van der Waals surface area contributed by atoms with Crippen molar-refractivity contribution in [2.45, 2.75) is 24.4 Å². The molecule has 0 atom stereocenters. The van der Waals surface area contributed by atoms with Crippen LogP contribution in [0.25, 0.3) is 22.8 Å². The van der Waals surface area contributed by atoms with Gasteiger partial charge in [0, 0.05) is 12.1 Å². The van der Waals surface area contributed by atoms with E-state index in [0.717, 1.165) is 22.1 Å². The van der Waals surface area contributed by atoms with Gasteiger partial charge in [0.2, 0.25) is 11.8 Å². The van der Waals surface area contributed by atoms with E-state index >= 15 is 0 Å². The lowest BCUT2D eigenvalue weighted by atomic mass is 10.1. The van der Waals surface area contributed by atoms with Gasteiger partial charge < -0.3 is 4.42 Å². The number of halogens is 1. The molecule has 29 heavy (non-hydrogen) atoms. The number of thioether (sulfide) groups is 1. The Morgan fingerprint density at radius 2 is 1.97 bits per heavy atom. The summed E-state index contributed by atoms with van der Waals surface area (Å²) in [7, 11) is 0. The van der Waals surface area contributed by atoms with Crippen LogP contribution >= 0.6 is 23.4 Å². The normalized spacial score (nSPS) is 11.0. The summed E-state index contributed by atoms with van der Waals surface area (Å²) in [6, 6.07) is 15.6. The lowest BCUT2D eigenvalue weighted by Gasteiger charge is -2.07. The quantitative estimate of drug-likeness (QED) is 0.291. The molecule has 6 nitrogen and oxygen atoms in total. The van der Waals surface area contributed by atoms with Crippen LogP contribution in [-0.2, 0) is 12.3 Å². The van der Waals surface area contributed by atoms with Crippen LogP contribution in [-0.4, -0.2) is 25.0 Å². The molecule has 2 aromatic heterocycles. The molecule has 0 N–H and O–H groups in total. The van der Waals surface area contributed by atoms with Crippen LogP contribution in [0.2, 0.25) is 5.02 Å². The number of hydrogen-bond donors (Lipinski definition) is 0. The van der Waals surface area contributed by atoms with Crippen LogP contribution in [0.15, 0.2) is 70.8 Å². The summed E-state index contributed by atoms with van der Waals surface area (Å²) >= 11 is 7.69. The van der Waals surface area contributed by atoms with E-state index in [2.05, 4.69) is 46.0 Å². The SMILES string of the molecule is C=CCn1c(SCc2nnc(-c3ccccc3Cl)o2)nnc1-c1cccc(C)c1. The van der Waals surface area contributed by atoms with Crippen molar-refractivity contribution in [1.82, 2.24) is 25.0 Å². The van der Waals surface area contributed by atoms with E-state index < -0.39 is 0 Å². The van der Waals surface area contributed by atoms with Crippen molar-refractivity contribution in [3.05, 3.63) is 77.7 Å². The largest absolute Gasteiger partial charge is 0.420 e. The van der Waals surface area contributed by atoms with Crippen LogP contribution in [0, 0.1) is 6.92 Å². The van der Waals surface area contributed by atoms with Gasteiger partial charge in [0.05, 0.1) is 16.3 Å². The molecule has 0 amide bonds. The van der Waals surface area contributed by atoms with E-state index in [4.69, 9.17) is 16.0 Å². The second kappa shape index (κ2) is 8.63. The maximum Gasteiger partial charge on any atom is 0.249 e. The van der Waals surface area contributed by atoms with Crippen molar-refractivity contribution in [3.63, 3.8) is 0 Å². The molecule has 4 aromatic rings. The van der Waals surface area contributed by atoms with Gasteiger partial charge in [0.25, 0.3) is 0 Å². The van der Waals surface area contributed by atoms with Crippen molar-refractivity contribution in [2.75, 3.05) is 0 Å². The summed E-state index contributed by atoms with van der Waals surface area (Å²) in [6.07, 6.45) is 1.83. The van der Waals surface area contributed by atoms with E-state index in [9.17, 15) is 0 Å². The monoisotopic (exact) mass is 423 g/mol. The number of allylic oxidation sites excluding steroid dienone is 1. The fourth-order valence-corrected chi connectivity index (χ4v) is 3.87. The maximum absolute atomic E-state index is 6.20. The number of rotatable bonds is 7. The second-order valence-corrected chi connectivity index (χ2v) is 7.69. The highest BCUT2D eigenvalue weighted by Gasteiger charge is 2.16. The third kappa shape index (κ3) is 4.26. The molecule has 146 valence electrons. The molecule has 0 saturated carbocycles. The van der Waals surface area contributed by atoms with E-state index in [1.54, 1.807) is 6.07 Å². The third-order valence-electron chi connectivity index (χ3n) is 4.20. The zero-order valence-corrected chi connectivity index (χ0v) is 17.3. The average molecular weight is 424 g/mol. The van der Waals surface area contributed by atoms with E-state index in [-0.39, 0.29) is 0 Å². The van der Waals surface area contributed by atoms with Crippen molar-refractivity contribution >= 4 is 23.4 Å². The van der Waals surface area contributed by atoms with Crippen LogP contribution in [0.5, 0.6) is 0 Å². The summed E-state index contributed by atoms with van der Waals surface area (Å²) in [6.45, 7) is 6.51. The van der Waals surface area contributed by atoms with Crippen molar-refractivity contribution in [1.29, 1.82) is 0 Å². The summed E-state index contributed by atoms with van der Waals surface area (Å²) in [4.78, 5) is 0. The van der Waals surface area contributed by atoms with Crippen LogP contribution < -0.4 is 0 Å². The molecule has 0 unspecified atom stereocenters. The van der Waals surface area contributed by atoms with Gasteiger partial charge in [-0.05, 0) is 25.1 Å². The number of aryl methyl sites for hydroxylation is 1. The molecule has 4 rings (SSSR count). The topological polar surface area (TPSA) is 69.6 Å². The zero-order valence-electron chi connectivity index (χ0n) is 15.7. The molecule has 2 aromatic carbocycles. The molecule has 0 radical (unpaired) electrons. The number of nitrogens with zero attached hydrogens (tertiary/aromatic N) is 5. The first kappa shape index (κ1) is 19.4. The lowest BCUT2D eigenvalue weighted by molar-refractivity contribution is 0.528. The number of benzene rings is 2. The van der Waals surface area contributed by atoms with Crippen molar-refractivity contribution in [2.24, 2.45) is 0 Å². The first-order chi connectivity index (χ1) is 14.2. The highest BCUT2D eigenvalue weighted by molar-refractivity contribution is 7.98. The molecule has 0 saturated heterocycles.